The molecule has 33 heavy (non-hydrogen) atoms. The minimum atomic E-state index is -4.16. The van der Waals surface area contributed by atoms with Crippen LogP contribution in [0.4, 0.5) is 19.1 Å². The molecule has 1 aliphatic carbocycles. The highest BCUT2D eigenvalue weighted by Gasteiger charge is 2.49. The molecule has 4 heterocycles. The van der Waals surface area contributed by atoms with Crippen LogP contribution < -0.4 is 4.90 Å². The van der Waals surface area contributed by atoms with E-state index in [1.807, 2.05) is 43.9 Å². The van der Waals surface area contributed by atoms with E-state index >= 15 is 0 Å². The van der Waals surface area contributed by atoms with Crippen molar-refractivity contribution in [1.82, 2.24) is 19.9 Å². The van der Waals surface area contributed by atoms with Gasteiger partial charge < -0.3 is 9.64 Å². The van der Waals surface area contributed by atoms with Gasteiger partial charge in [-0.3, -0.25) is 4.98 Å². The number of hydrogen-bond acceptors (Lipinski definition) is 6. The molecule has 6 nitrogen and oxygen atoms in total. The van der Waals surface area contributed by atoms with Crippen LogP contribution in [0, 0.1) is 26.7 Å². The van der Waals surface area contributed by atoms with Gasteiger partial charge >= 0.3 is 6.18 Å². The Morgan fingerprint density at radius 2 is 1.85 bits per heavy atom. The van der Waals surface area contributed by atoms with Gasteiger partial charge in [-0.05, 0) is 62.9 Å². The number of aromatic nitrogens is 4. The van der Waals surface area contributed by atoms with Gasteiger partial charge in [-0.25, -0.2) is 9.97 Å². The zero-order chi connectivity index (χ0) is 23.3. The maximum absolute atomic E-state index is 13.2. The molecule has 174 valence electrons. The number of rotatable bonds is 3. The van der Waals surface area contributed by atoms with E-state index in [2.05, 4.69) is 9.97 Å². The van der Waals surface area contributed by atoms with E-state index in [4.69, 9.17) is 14.7 Å². The third-order valence-corrected chi connectivity index (χ3v) is 6.78. The Balaban J connectivity index is 1.50. The molecule has 5 rings (SSSR count). The molecule has 2 fully saturated rings. The van der Waals surface area contributed by atoms with E-state index < -0.39 is 12.1 Å². The zero-order valence-electron chi connectivity index (χ0n) is 18.9. The number of aryl methyl sites for hydroxylation is 3. The number of hydrogen-bond donors (Lipinski definition) is 0. The molecule has 3 aromatic rings. The number of halogens is 3. The predicted octanol–water partition coefficient (Wildman–Crippen LogP) is 4.98. The van der Waals surface area contributed by atoms with Crippen molar-refractivity contribution < 1.29 is 17.9 Å². The molecule has 0 unspecified atom stereocenters. The summed E-state index contributed by atoms with van der Waals surface area (Å²) in [6.07, 6.45) is -2.43. The van der Waals surface area contributed by atoms with E-state index in [0.717, 1.165) is 27.9 Å². The lowest BCUT2D eigenvalue weighted by Gasteiger charge is -2.37. The molecule has 1 aliphatic heterocycles. The minimum absolute atomic E-state index is 0.0595. The molecule has 1 saturated heterocycles. The molecule has 9 heteroatoms. The van der Waals surface area contributed by atoms with Gasteiger partial charge in [-0.1, -0.05) is 0 Å². The number of pyridine rings is 2. The zero-order valence-corrected chi connectivity index (χ0v) is 18.9. The van der Waals surface area contributed by atoms with Crippen molar-refractivity contribution >= 4 is 17.0 Å². The van der Waals surface area contributed by atoms with Crippen LogP contribution in [-0.4, -0.2) is 45.8 Å². The van der Waals surface area contributed by atoms with Crippen LogP contribution in [0.3, 0.4) is 0 Å². The van der Waals surface area contributed by atoms with Gasteiger partial charge in [0.05, 0.1) is 24.8 Å². The van der Waals surface area contributed by atoms with Crippen molar-refractivity contribution in [2.45, 2.75) is 51.8 Å². The topological polar surface area (TPSA) is 64.0 Å². The molecule has 1 saturated carbocycles. The molecule has 3 aromatic heterocycles. The van der Waals surface area contributed by atoms with Crippen molar-refractivity contribution in [1.29, 1.82) is 0 Å². The summed E-state index contributed by atoms with van der Waals surface area (Å²) in [5, 5.41) is 0.752. The van der Waals surface area contributed by atoms with E-state index in [-0.39, 0.29) is 24.9 Å². The summed E-state index contributed by atoms with van der Waals surface area (Å²) in [6, 6.07) is 5.90. The number of nitrogens with zero attached hydrogens (tertiary/aromatic N) is 5. The largest absolute Gasteiger partial charge is 0.391 e. The highest BCUT2D eigenvalue weighted by molar-refractivity contribution is 5.80. The fourth-order valence-corrected chi connectivity index (χ4v) is 4.62. The van der Waals surface area contributed by atoms with Crippen molar-refractivity contribution in [3.63, 3.8) is 0 Å². The molecule has 0 N–H and O–H groups in total. The van der Waals surface area contributed by atoms with Gasteiger partial charge in [0.25, 0.3) is 0 Å². The molecule has 1 atom stereocenters. The Labute approximate surface area is 190 Å². The van der Waals surface area contributed by atoms with Crippen LogP contribution in [0.5, 0.6) is 0 Å². The Kier molecular flexibility index (Phi) is 5.47. The molecule has 0 amide bonds. The second kappa shape index (κ2) is 8.20. The van der Waals surface area contributed by atoms with Gasteiger partial charge in [0.1, 0.15) is 6.10 Å². The number of anilines is 1. The lowest BCUT2D eigenvalue weighted by molar-refractivity contribution is -0.197. The maximum atomic E-state index is 13.2. The third-order valence-electron chi connectivity index (χ3n) is 6.78. The molecular weight excluding hydrogens is 431 g/mol. The van der Waals surface area contributed by atoms with Gasteiger partial charge in [0, 0.05) is 35.4 Å². The highest BCUT2D eigenvalue weighted by Crippen LogP contribution is 2.50. The third kappa shape index (κ3) is 4.26. The summed E-state index contributed by atoms with van der Waals surface area (Å²) < 4.78 is 45.4. The van der Waals surface area contributed by atoms with Gasteiger partial charge in [0.2, 0.25) is 5.95 Å². The lowest BCUT2D eigenvalue weighted by atomic mass is 9.72. The highest BCUT2D eigenvalue weighted by atomic mass is 19.4. The Morgan fingerprint density at radius 3 is 2.58 bits per heavy atom. The Morgan fingerprint density at radius 1 is 1.06 bits per heavy atom. The first-order chi connectivity index (χ1) is 15.7. The first-order valence-corrected chi connectivity index (χ1v) is 11.2. The first-order valence-electron chi connectivity index (χ1n) is 11.2. The Hall–Kier alpha value is -2.81. The second-order valence-electron chi connectivity index (χ2n) is 9.11. The monoisotopic (exact) mass is 457 g/mol. The summed E-state index contributed by atoms with van der Waals surface area (Å²) in [5.41, 5.74) is 4.99. The summed E-state index contributed by atoms with van der Waals surface area (Å²) in [6.45, 7) is 7.45. The average Bonchev–Trinajstić information content (AvgIpc) is 2.73. The second-order valence-corrected chi connectivity index (χ2v) is 9.11. The number of morpholine rings is 1. The summed E-state index contributed by atoms with van der Waals surface area (Å²) in [7, 11) is 0. The summed E-state index contributed by atoms with van der Waals surface area (Å²) >= 11 is 0. The van der Waals surface area contributed by atoms with Crippen molar-refractivity contribution in [2.24, 2.45) is 5.92 Å². The lowest BCUT2D eigenvalue weighted by Crippen LogP contribution is -2.40. The molecule has 0 spiro atoms. The number of ether oxygens (including phenoxy) is 1. The van der Waals surface area contributed by atoms with E-state index in [1.54, 1.807) is 6.20 Å². The Bertz CT molecular complexity index is 1190. The normalized spacial score (nSPS) is 23.6. The molecular formula is C24H26F3N5O. The van der Waals surface area contributed by atoms with Gasteiger partial charge in [-0.15, -0.1) is 0 Å². The predicted molar refractivity (Wildman–Crippen MR) is 118 cm³/mol. The fourth-order valence-electron chi connectivity index (χ4n) is 4.62. The van der Waals surface area contributed by atoms with E-state index in [0.29, 0.717) is 37.0 Å². The molecule has 0 radical (unpaired) electrons. The minimum Gasteiger partial charge on any atom is -0.370 e. The van der Waals surface area contributed by atoms with Crippen LogP contribution in [-0.2, 0) is 4.74 Å². The molecule has 0 aromatic carbocycles. The fraction of sp³-hybridized carbons (Fsp3) is 0.500. The van der Waals surface area contributed by atoms with Gasteiger partial charge in [-0.2, -0.15) is 18.2 Å². The molecule has 2 aliphatic rings. The van der Waals surface area contributed by atoms with Crippen LogP contribution in [0.2, 0.25) is 0 Å². The standard InChI is InChI=1S/C24H26F3N5O/c1-13-8-19-21(17-10-18(11-17)24(25,26)27)30-23(31-22(19)29-15(13)3)32-6-7-33-20(12-32)16-4-5-28-14(2)9-16/h4-5,8-9,17-18,20H,6-7,10-12H2,1-3H3/t17-,18+,20-/m0/s1. The SMILES string of the molecule is Cc1cc([C@@H]2CN(c3nc4nc(C)c(C)cc4c([C@H]4C[C@@H](C(F)(F)F)C4)n3)CCO2)ccn1. The summed E-state index contributed by atoms with van der Waals surface area (Å²) in [4.78, 5) is 20.5. The van der Waals surface area contributed by atoms with E-state index in [9.17, 15) is 13.2 Å². The van der Waals surface area contributed by atoms with Crippen LogP contribution in [0.1, 0.15) is 53.1 Å². The average molecular weight is 458 g/mol. The molecule has 0 bridgehead atoms. The first kappa shape index (κ1) is 22.0. The van der Waals surface area contributed by atoms with Crippen molar-refractivity contribution in [3.8, 4) is 0 Å². The van der Waals surface area contributed by atoms with Crippen LogP contribution in [0.15, 0.2) is 24.4 Å². The van der Waals surface area contributed by atoms with Crippen LogP contribution in [0.25, 0.3) is 11.0 Å². The number of fused-ring (bicyclic) bond motifs is 1. The quantitative estimate of drug-likeness (QED) is 0.553. The van der Waals surface area contributed by atoms with Gasteiger partial charge in [0.15, 0.2) is 5.65 Å². The van der Waals surface area contributed by atoms with E-state index in [1.165, 1.54) is 0 Å². The smallest absolute Gasteiger partial charge is 0.370 e. The van der Waals surface area contributed by atoms with Crippen LogP contribution >= 0.6 is 0 Å². The summed E-state index contributed by atoms with van der Waals surface area (Å²) in [5.74, 6) is -1.01. The van der Waals surface area contributed by atoms with Crippen molar-refractivity contribution in [3.05, 3.63) is 52.6 Å². The maximum Gasteiger partial charge on any atom is 0.391 e. The number of alkyl halides is 3. The van der Waals surface area contributed by atoms with Crippen molar-refractivity contribution in [2.75, 3.05) is 24.6 Å².